The van der Waals surface area contributed by atoms with Gasteiger partial charge in [0.1, 0.15) is 11.4 Å². The van der Waals surface area contributed by atoms with Crippen molar-refractivity contribution in [3.8, 4) is 5.75 Å². The number of aromatic nitrogens is 1. The van der Waals surface area contributed by atoms with Crippen molar-refractivity contribution in [3.63, 3.8) is 0 Å². The van der Waals surface area contributed by atoms with Crippen molar-refractivity contribution in [1.82, 2.24) is 10.3 Å². The number of fused-ring (bicyclic) bond motifs is 1. The van der Waals surface area contributed by atoms with Crippen molar-refractivity contribution in [2.45, 2.75) is 33.7 Å². The number of aryl methyl sites for hydroxylation is 1. The quantitative estimate of drug-likeness (QED) is 0.648. The minimum atomic E-state index is -0.0706. The zero-order valence-corrected chi connectivity index (χ0v) is 15.9. The third-order valence-electron chi connectivity index (χ3n) is 4.37. The van der Waals surface area contributed by atoms with Crippen LogP contribution in [0.2, 0.25) is 0 Å². The number of aromatic amines is 1. The molecule has 0 saturated heterocycles. The second-order valence-corrected chi connectivity index (χ2v) is 7.46. The van der Waals surface area contributed by atoms with Gasteiger partial charge in [0, 0.05) is 15.8 Å². The Kier molecular flexibility index (Phi) is 5.13. The van der Waals surface area contributed by atoms with Crippen molar-refractivity contribution in [2.24, 2.45) is 5.92 Å². The highest BCUT2D eigenvalue weighted by molar-refractivity contribution is 7.10. The van der Waals surface area contributed by atoms with E-state index in [2.05, 4.69) is 30.2 Å². The molecule has 25 heavy (non-hydrogen) atoms. The fraction of sp³-hybridized carbons (Fsp3) is 0.350. The number of rotatable bonds is 6. The molecule has 0 saturated carbocycles. The van der Waals surface area contributed by atoms with E-state index in [-0.39, 0.29) is 11.9 Å². The number of thiophene rings is 1. The average Bonchev–Trinajstić information content (AvgIpc) is 3.21. The Labute approximate surface area is 152 Å². The number of hydrogen-bond donors (Lipinski definition) is 2. The van der Waals surface area contributed by atoms with Gasteiger partial charge in [-0.2, -0.15) is 0 Å². The van der Waals surface area contributed by atoms with Gasteiger partial charge in [0.05, 0.1) is 12.6 Å². The summed E-state index contributed by atoms with van der Waals surface area (Å²) in [5, 5.41) is 6.25. The molecule has 1 aromatic carbocycles. The normalized spacial score (nSPS) is 12.5. The smallest absolute Gasteiger partial charge is 0.268 e. The van der Waals surface area contributed by atoms with Crippen molar-refractivity contribution >= 4 is 28.1 Å². The fourth-order valence-electron chi connectivity index (χ4n) is 3.04. The molecule has 0 aliphatic rings. The molecule has 5 heteroatoms. The minimum Gasteiger partial charge on any atom is -0.494 e. The lowest BCUT2D eigenvalue weighted by molar-refractivity contribution is 0.0921. The Morgan fingerprint density at radius 3 is 2.76 bits per heavy atom. The van der Waals surface area contributed by atoms with Crippen LogP contribution in [0, 0.1) is 12.8 Å². The second kappa shape index (κ2) is 7.31. The van der Waals surface area contributed by atoms with E-state index in [1.807, 2.05) is 43.5 Å². The molecule has 4 nitrogen and oxygen atoms in total. The molecule has 2 N–H and O–H groups in total. The topological polar surface area (TPSA) is 54.1 Å². The maximum Gasteiger partial charge on any atom is 0.268 e. The summed E-state index contributed by atoms with van der Waals surface area (Å²) in [7, 11) is 0. The maximum atomic E-state index is 12.9. The summed E-state index contributed by atoms with van der Waals surface area (Å²) in [6, 6.07) is 9.97. The molecule has 1 amide bonds. The van der Waals surface area contributed by atoms with E-state index >= 15 is 0 Å². The lowest BCUT2D eigenvalue weighted by atomic mass is 10.0. The molecule has 3 aromatic rings. The molecular formula is C20H24N2O2S. The zero-order chi connectivity index (χ0) is 18.0. The summed E-state index contributed by atoms with van der Waals surface area (Å²) in [5.74, 6) is 1.07. The standard InChI is InChI=1S/C20H24N2O2S/c1-5-24-14-8-9-16-15(11-14)13(4)19(21-16)20(23)22-18(12(2)3)17-7-6-10-25-17/h6-12,18,21H,5H2,1-4H3,(H,22,23). The highest BCUT2D eigenvalue weighted by Crippen LogP contribution is 2.29. The number of benzene rings is 1. The molecule has 0 bridgehead atoms. The molecule has 0 aliphatic heterocycles. The third kappa shape index (κ3) is 3.56. The Hall–Kier alpha value is -2.27. The van der Waals surface area contributed by atoms with E-state index in [1.54, 1.807) is 11.3 Å². The number of hydrogen-bond acceptors (Lipinski definition) is 3. The lowest BCUT2D eigenvalue weighted by Gasteiger charge is -2.21. The van der Waals surface area contributed by atoms with Crippen molar-refractivity contribution in [3.05, 3.63) is 51.8 Å². The average molecular weight is 356 g/mol. The van der Waals surface area contributed by atoms with Crippen LogP contribution in [0.15, 0.2) is 35.7 Å². The minimum absolute atomic E-state index is 0.0114. The van der Waals surface area contributed by atoms with Crippen LogP contribution in [-0.2, 0) is 0 Å². The molecule has 132 valence electrons. The number of ether oxygens (including phenoxy) is 1. The molecule has 0 spiro atoms. The van der Waals surface area contributed by atoms with Gasteiger partial charge in [-0.3, -0.25) is 4.79 Å². The van der Waals surface area contributed by atoms with E-state index in [0.717, 1.165) is 22.2 Å². The van der Waals surface area contributed by atoms with Crippen LogP contribution in [0.5, 0.6) is 5.75 Å². The van der Waals surface area contributed by atoms with Crippen LogP contribution in [0.3, 0.4) is 0 Å². The zero-order valence-electron chi connectivity index (χ0n) is 15.1. The Balaban J connectivity index is 1.90. The van der Waals surface area contributed by atoms with E-state index < -0.39 is 0 Å². The third-order valence-corrected chi connectivity index (χ3v) is 5.33. The van der Waals surface area contributed by atoms with E-state index in [0.29, 0.717) is 18.2 Å². The second-order valence-electron chi connectivity index (χ2n) is 6.48. The van der Waals surface area contributed by atoms with Crippen LogP contribution in [-0.4, -0.2) is 17.5 Å². The van der Waals surface area contributed by atoms with Crippen molar-refractivity contribution in [2.75, 3.05) is 6.61 Å². The van der Waals surface area contributed by atoms with Gasteiger partial charge in [-0.05, 0) is 55.0 Å². The summed E-state index contributed by atoms with van der Waals surface area (Å²) >= 11 is 1.67. The van der Waals surface area contributed by atoms with Gasteiger partial charge in [-0.15, -0.1) is 11.3 Å². The van der Waals surface area contributed by atoms with Gasteiger partial charge in [0.25, 0.3) is 5.91 Å². The predicted molar refractivity (Wildman–Crippen MR) is 104 cm³/mol. The molecule has 3 rings (SSSR count). The van der Waals surface area contributed by atoms with Crippen LogP contribution in [0.4, 0.5) is 0 Å². The first kappa shape index (κ1) is 17.5. The van der Waals surface area contributed by atoms with Gasteiger partial charge in [-0.25, -0.2) is 0 Å². The molecule has 1 atom stereocenters. The lowest BCUT2D eigenvalue weighted by Crippen LogP contribution is -2.31. The van der Waals surface area contributed by atoms with E-state index in [1.165, 1.54) is 4.88 Å². The first-order chi connectivity index (χ1) is 12.0. The van der Waals surface area contributed by atoms with Crippen molar-refractivity contribution < 1.29 is 9.53 Å². The molecule has 0 fully saturated rings. The van der Waals surface area contributed by atoms with Crippen LogP contribution in [0.25, 0.3) is 10.9 Å². The number of amides is 1. The predicted octanol–water partition coefficient (Wildman–Crippen LogP) is 5.06. The fourth-order valence-corrected chi connectivity index (χ4v) is 3.99. The summed E-state index contributed by atoms with van der Waals surface area (Å²) in [6.07, 6.45) is 0. The van der Waals surface area contributed by atoms with Gasteiger partial charge >= 0.3 is 0 Å². The molecule has 1 unspecified atom stereocenters. The summed E-state index contributed by atoms with van der Waals surface area (Å²) in [4.78, 5) is 17.3. The number of nitrogens with one attached hydrogen (secondary N) is 2. The molecular weight excluding hydrogens is 332 g/mol. The molecule has 2 aromatic heterocycles. The monoisotopic (exact) mass is 356 g/mol. The summed E-state index contributed by atoms with van der Waals surface area (Å²) in [6.45, 7) is 8.80. The van der Waals surface area contributed by atoms with Gasteiger partial charge in [0.2, 0.25) is 0 Å². The van der Waals surface area contributed by atoms with Gasteiger partial charge < -0.3 is 15.0 Å². The van der Waals surface area contributed by atoms with E-state index in [9.17, 15) is 4.79 Å². The van der Waals surface area contributed by atoms with E-state index in [4.69, 9.17) is 4.74 Å². The van der Waals surface area contributed by atoms with Crippen LogP contribution < -0.4 is 10.1 Å². The number of carbonyl (C=O) groups is 1. The molecule has 2 heterocycles. The highest BCUT2D eigenvalue weighted by Gasteiger charge is 2.22. The Morgan fingerprint density at radius 1 is 1.32 bits per heavy atom. The molecule has 0 aliphatic carbocycles. The molecule has 0 radical (unpaired) electrons. The Bertz CT molecular complexity index is 865. The maximum absolute atomic E-state index is 12.9. The van der Waals surface area contributed by atoms with Crippen molar-refractivity contribution in [1.29, 1.82) is 0 Å². The SMILES string of the molecule is CCOc1ccc2[nH]c(C(=O)NC(c3cccs3)C(C)C)c(C)c2c1. The number of carbonyl (C=O) groups excluding carboxylic acids is 1. The van der Waals surface area contributed by atoms with Crippen LogP contribution >= 0.6 is 11.3 Å². The summed E-state index contributed by atoms with van der Waals surface area (Å²) < 4.78 is 5.57. The summed E-state index contributed by atoms with van der Waals surface area (Å²) in [5.41, 5.74) is 2.51. The first-order valence-corrected chi connectivity index (χ1v) is 9.48. The largest absolute Gasteiger partial charge is 0.494 e. The first-order valence-electron chi connectivity index (χ1n) is 8.60. The van der Waals surface area contributed by atoms with Crippen LogP contribution in [0.1, 0.15) is 47.7 Å². The Morgan fingerprint density at radius 2 is 2.12 bits per heavy atom. The number of H-pyrrole nitrogens is 1. The van der Waals surface area contributed by atoms with Gasteiger partial charge in [-0.1, -0.05) is 19.9 Å². The van der Waals surface area contributed by atoms with Gasteiger partial charge in [0.15, 0.2) is 0 Å². The highest BCUT2D eigenvalue weighted by atomic mass is 32.1.